The van der Waals surface area contributed by atoms with Gasteiger partial charge in [-0.1, -0.05) is 12.1 Å². The lowest BCUT2D eigenvalue weighted by Gasteiger charge is -2.36. The maximum Gasteiger partial charge on any atom is 0.327 e. The van der Waals surface area contributed by atoms with Crippen molar-refractivity contribution in [1.29, 1.82) is 0 Å². The average molecular weight is 331 g/mol. The van der Waals surface area contributed by atoms with Gasteiger partial charge in [0.1, 0.15) is 11.9 Å². The van der Waals surface area contributed by atoms with Crippen LogP contribution in [0, 0.1) is 5.82 Å². The molecule has 0 spiro atoms. The Bertz CT molecular complexity index is 627. The minimum atomic E-state index is -3.73. The minimum absolute atomic E-state index is 0.188. The third-order valence-corrected chi connectivity index (χ3v) is 4.69. The van der Waals surface area contributed by atoms with E-state index in [0.29, 0.717) is 18.7 Å². The number of carbonyl (C=O) groups excluding carboxylic acids is 1. The van der Waals surface area contributed by atoms with E-state index < -0.39 is 28.0 Å². The second kappa shape index (κ2) is 6.69. The van der Waals surface area contributed by atoms with Gasteiger partial charge < -0.3 is 4.74 Å². The predicted octanol–water partition coefficient (Wildman–Crippen LogP) is -0.139. The van der Waals surface area contributed by atoms with Crippen LogP contribution < -0.4 is 5.14 Å². The van der Waals surface area contributed by atoms with Gasteiger partial charge in [0.25, 0.3) is 10.2 Å². The van der Waals surface area contributed by atoms with E-state index in [9.17, 15) is 17.6 Å². The summed E-state index contributed by atoms with van der Waals surface area (Å²) in [5, 5.41) is 5.09. The van der Waals surface area contributed by atoms with E-state index in [1.165, 1.54) is 31.4 Å². The van der Waals surface area contributed by atoms with Crippen molar-refractivity contribution >= 4 is 16.2 Å². The summed E-state index contributed by atoms with van der Waals surface area (Å²) in [6.45, 7) is 1.03. The monoisotopic (exact) mass is 331 g/mol. The van der Waals surface area contributed by atoms with Crippen molar-refractivity contribution in [2.75, 3.05) is 33.3 Å². The largest absolute Gasteiger partial charge is 0.468 e. The smallest absolute Gasteiger partial charge is 0.327 e. The van der Waals surface area contributed by atoms with Crippen molar-refractivity contribution in [3.8, 4) is 0 Å². The van der Waals surface area contributed by atoms with Crippen LogP contribution in [0.1, 0.15) is 11.6 Å². The third-order valence-electron chi connectivity index (χ3n) is 3.61. The number of hydrogen-bond acceptors (Lipinski definition) is 5. The van der Waals surface area contributed by atoms with Crippen LogP contribution in [0.3, 0.4) is 0 Å². The lowest BCUT2D eigenvalue weighted by molar-refractivity contribution is -0.147. The molecular weight excluding hydrogens is 313 g/mol. The molecule has 0 bridgehead atoms. The number of piperazine rings is 1. The highest BCUT2D eigenvalue weighted by atomic mass is 32.2. The van der Waals surface area contributed by atoms with E-state index in [1.54, 1.807) is 4.90 Å². The summed E-state index contributed by atoms with van der Waals surface area (Å²) in [5.74, 6) is -0.873. The van der Waals surface area contributed by atoms with Crippen LogP contribution in [-0.2, 0) is 19.7 Å². The number of hydrogen-bond donors (Lipinski definition) is 1. The molecule has 0 saturated carbocycles. The molecule has 1 atom stereocenters. The molecule has 1 aliphatic heterocycles. The second-order valence-corrected chi connectivity index (χ2v) is 6.50. The van der Waals surface area contributed by atoms with Gasteiger partial charge >= 0.3 is 5.97 Å². The first-order valence-electron chi connectivity index (χ1n) is 6.68. The van der Waals surface area contributed by atoms with Crippen LogP contribution in [-0.4, -0.2) is 56.9 Å². The van der Waals surface area contributed by atoms with Crippen LogP contribution in [0.2, 0.25) is 0 Å². The Labute approximate surface area is 128 Å². The zero-order chi connectivity index (χ0) is 16.3. The molecule has 0 unspecified atom stereocenters. The first-order valence-corrected chi connectivity index (χ1v) is 8.18. The van der Waals surface area contributed by atoms with Gasteiger partial charge in [-0.25, -0.2) is 14.3 Å². The summed E-state index contributed by atoms with van der Waals surface area (Å²) in [4.78, 5) is 13.9. The highest BCUT2D eigenvalue weighted by molar-refractivity contribution is 7.86. The predicted molar refractivity (Wildman–Crippen MR) is 77.4 cm³/mol. The first kappa shape index (κ1) is 16.8. The summed E-state index contributed by atoms with van der Waals surface area (Å²) in [7, 11) is -2.45. The summed E-state index contributed by atoms with van der Waals surface area (Å²) in [6.07, 6.45) is 0. The quantitative estimate of drug-likeness (QED) is 0.775. The Morgan fingerprint density at radius 3 is 2.23 bits per heavy atom. The molecule has 0 aliphatic carbocycles. The van der Waals surface area contributed by atoms with Gasteiger partial charge in [-0.15, -0.1) is 0 Å². The minimum Gasteiger partial charge on any atom is -0.468 e. The SMILES string of the molecule is COC(=O)[C@H](c1ccc(F)cc1)N1CCN(S(N)(=O)=O)CC1. The molecule has 0 aromatic heterocycles. The number of nitrogens with two attached hydrogens (primary N) is 1. The molecule has 22 heavy (non-hydrogen) atoms. The molecule has 1 aliphatic rings. The maximum absolute atomic E-state index is 13.0. The van der Waals surface area contributed by atoms with Crippen molar-refractivity contribution in [2.45, 2.75) is 6.04 Å². The van der Waals surface area contributed by atoms with Gasteiger partial charge in [0.15, 0.2) is 0 Å². The zero-order valence-corrected chi connectivity index (χ0v) is 12.9. The number of ether oxygens (including phenoxy) is 1. The number of carbonyl (C=O) groups is 1. The summed E-state index contributed by atoms with van der Waals surface area (Å²) in [5.41, 5.74) is 0.595. The van der Waals surface area contributed by atoms with Crippen LogP contribution in [0.15, 0.2) is 24.3 Å². The van der Waals surface area contributed by atoms with Gasteiger partial charge in [-0.2, -0.15) is 12.7 Å². The number of nitrogens with zero attached hydrogens (tertiary/aromatic N) is 2. The van der Waals surface area contributed by atoms with E-state index in [0.717, 1.165) is 4.31 Å². The topological polar surface area (TPSA) is 92.9 Å². The standard InChI is InChI=1S/C13H18FN3O4S/c1-21-13(18)12(10-2-4-11(14)5-3-10)16-6-8-17(9-7-16)22(15,19)20/h2-5,12H,6-9H2,1H3,(H2,15,19,20)/t12-/m0/s1. The molecule has 2 rings (SSSR count). The Morgan fingerprint density at radius 1 is 1.23 bits per heavy atom. The van der Waals surface area contributed by atoms with E-state index in [2.05, 4.69) is 0 Å². The fourth-order valence-corrected chi connectivity index (χ4v) is 3.14. The van der Waals surface area contributed by atoms with E-state index in [-0.39, 0.29) is 13.1 Å². The summed E-state index contributed by atoms with van der Waals surface area (Å²) < 4.78 is 41.6. The normalized spacial score (nSPS) is 18.9. The highest BCUT2D eigenvalue weighted by Crippen LogP contribution is 2.24. The van der Waals surface area contributed by atoms with Crippen molar-refractivity contribution in [1.82, 2.24) is 9.21 Å². The average Bonchev–Trinajstić information content (AvgIpc) is 2.49. The zero-order valence-electron chi connectivity index (χ0n) is 12.1. The van der Waals surface area contributed by atoms with Crippen LogP contribution in [0.5, 0.6) is 0 Å². The van der Waals surface area contributed by atoms with Gasteiger partial charge in [-0.3, -0.25) is 4.90 Å². The van der Waals surface area contributed by atoms with Crippen molar-refractivity contribution in [3.05, 3.63) is 35.6 Å². The van der Waals surface area contributed by atoms with Crippen LogP contribution in [0.4, 0.5) is 4.39 Å². The molecule has 7 nitrogen and oxygen atoms in total. The van der Waals surface area contributed by atoms with Gasteiger partial charge in [0.2, 0.25) is 0 Å². The Hall–Kier alpha value is -1.55. The number of esters is 1. The Balaban J connectivity index is 2.18. The first-order chi connectivity index (χ1) is 10.3. The molecule has 1 fully saturated rings. The molecule has 1 heterocycles. The van der Waals surface area contributed by atoms with E-state index in [4.69, 9.17) is 9.88 Å². The molecule has 9 heteroatoms. The maximum atomic E-state index is 13.0. The molecule has 122 valence electrons. The molecule has 2 N–H and O–H groups in total. The second-order valence-electron chi connectivity index (χ2n) is 4.96. The van der Waals surface area contributed by atoms with Crippen LogP contribution in [0.25, 0.3) is 0 Å². The van der Waals surface area contributed by atoms with Crippen molar-refractivity contribution in [3.63, 3.8) is 0 Å². The molecule has 0 radical (unpaired) electrons. The Kier molecular flexibility index (Phi) is 5.12. The fraction of sp³-hybridized carbons (Fsp3) is 0.462. The van der Waals surface area contributed by atoms with E-state index >= 15 is 0 Å². The van der Waals surface area contributed by atoms with Crippen LogP contribution >= 0.6 is 0 Å². The van der Waals surface area contributed by atoms with Crippen molar-refractivity contribution < 1.29 is 22.3 Å². The number of benzene rings is 1. The number of rotatable bonds is 4. The molecule has 1 aromatic carbocycles. The van der Waals surface area contributed by atoms with Gasteiger partial charge in [-0.05, 0) is 17.7 Å². The fourth-order valence-electron chi connectivity index (χ4n) is 2.47. The molecule has 1 aromatic rings. The van der Waals surface area contributed by atoms with Gasteiger partial charge in [0.05, 0.1) is 7.11 Å². The highest BCUT2D eigenvalue weighted by Gasteiger charge is 2.33. The van der Waals surface area contributed by atoms with Gasteiger partial charge in [0, 0.05) is 26.2 Å². The third kappa shape index (κ3) is 3.80. The van der Waals surface area contributed by atoms with Crippen molar-refractivity contribution in [2.24, 2.45) is 5.14 Å². The lowest BCUT2D eigenvalue weighted by Crippen LogP contribution is -2.52. The number of methoxy groups -OCH3 is 1. The molecule has 1 saturated heterocycles. The summed E-state index contributed by atoms with van der Waals surface area (Å²) in [6, 6.07) is 4.87. The molecular formula is C13H18FN3O4S. The number of halogens is 1. The summed E-state index contributed by atoms with van der Waals surface area (Å²) >= 11 is 0. The lowest BCUT2D eigenvalue weighted by atomic mass is 10.0. The van der Waals surface area contributed by atoms with E-state index in [1.807, 2.05) is 0 Å². The molecule has 0 amide bonds. The Morgan fingerprint density at radius 2 is 1.77 bits per heavy atom.